The van der Waals surface area contributed by atoms with Crippen molar-refractivity contribution in [1.29, 1.82) is 0 Å². The molecule has 10 heteroatoms. The van der Waals surface area contributed by atoms with Gasteiger partial charge in [-0.3, -0.25) is 4.79 Å². The molecular weight excluding hydrogens is 400 g/mol. The molecule has 0 fully saturated rings. The van der Waals surface area contributed by atoms with Gasteiger partial charge in [-0.1, -0.05) is 11.8 Å². The van der Waals surface area contributed by atoms with Gasteiger partial charge in [0.25, 0.3) is 0 Å². The summed E-state index contributed by atoms with van der Waals surface area (Å²) in [6.07, 6.45) is 0. The molecule has 0 aliphatic heterocycles. The summed E-state index contributed by atoms with van der Waals surface area (Å²) < 4.78 is 30.4. The van der Waals surface area contributed by atoms with Crippen molar-refractivity contribution >= 4 is 44.4 Å². The lowest BCUT2D eigenvalue weighted by molar-refractivity contribution is -0.113. The van der Waals surface area contributed by atoms with Gasteiger partial charge in [0.05, 0.1) is 28.8 Å². The number of sulfonamides is 1. The Morgan fingerprint density at radius 3 is 2.57 bits per heavy atom. The SMILES string of the molecule is COc1ccc2nc(SCC(=O)Nc3ccc(S(=O)(=O)N(C)C)cc3)[nH]c2c1. The van der Waals surface area contributed by atoms with E-state index in [9.17, 15) is 13.2 Å². The molecule has 0 bridgehead atoms. The normalized spacial score (nSPS) is 11.7. The zero-order chi connectivity index (χ0) is 20.3. The number of fused-ring (bicyclic) bond motifs is 1. The Balaban J connectivity index is 1.60. The number of aromatic amines is 1. The van der Waals surface area contributed by atoms with E-state index >= 15 is 0 Å². The van der Waals surface area contributed by atoms with Gasteiger partial charge in [-0.05, 0) is 36.4 Å². The van der Waals surface area contributed by atoms with Crippen LogP contribution in [-0.2, 0) is 14.8 Å². The Morgan fingerprint density at radius 1 is 1.21 bits per heavy atom. The maximum atomic E-state index is 12.2. The van der Waals surface area contributed by atoms with Crippen LogP contribution in [0.15, 0.2) is 52.5 Å². The number of benzene rings is 2. The highest BCUT2D eigenvalue weighted by molar-refractivity contribution is 7.99. The highest BCUT2D eigenvalue weighted by atomic mass is 32.2. The van der Waals surface area contributed by atoms with Crippen LogP contribution in [0, 0.1) is 0 Å². The molecule has 0 aliphatic rings. The summed E-state index contributed by atoms with van der Waals surface area (Å²) in [5, 5.41) is 3.37. The molecule has 2 N–H and O–H groups in total. The van der Waals surface area contributed by atoms with Crippen LogP contribution in [0.25, 0.3) is 11.0 Å². The van der Waals surface area contributed by atoms with Crippen LogP contribution in [-0.4, -0.2) is 55.6 Å². The summed E-state index contributed by atoms with van der Waals surface area (Å²) in [5.41, 5.74) is 2.15. The van der Waals surface area contributed by atoms with E-state index in [-0.39, 0.29) is 16.6 Å². The van der Waals surface area contributed by atoms with Gasteiger partial charge in [0.2, 0.25) is 15.9 Å². The molecule has 28 heavy (non-hydrogen) atoms. The van der Waals surface area contributed by atoms with E-state index in [2.05, 4.69) is 15.3 Å². The number of anilines is 1. The quantitative estimate of drug-likeness (QED) is 0.569. The maximum Gasteiger partial charge on any atom is 0.242 e. The second-order valence-corrected chi connectivity index (χ2v) is 9.19. The molecule has 3 rings (SSSR count). The van der Waals surface area contributed by atoms with E-state index in [1.54, 1.807) is 19.2 Å². The number of methoxy groups -OCH3 is 1. The number of hydrogen-bond donors (Lipinski definition) is 2. The first kappa shape index (κ1) is 20.2. The lowest BCUT2D eigenvalue weighted by Gasteiger charge is -2.11. The number of nitrogens with zero attached hydrogens (tertiary/aromatic N) is 2. The third-order valence-electron chi connectivity index (χ3n) is 3.92. The van der Waals surface area contributed by atoms with Crippen molar-refractivity contribution in [3.63, 3.8) is 0 Å². The topological polar surface area (TPSA) is 104 Å². The largest absolute Gasteiger partial charge is 0.497 e. The Hall–Kier alpha value is -2.56. The highest BCUT2D eigenvalue weighted by Gasteiger charge is 2.16. The Bertz CT molecular complexity index is 1090. The minimum absolute atomic E-state index is 0.161. The van der Waals surface area contributed by atoms with Crippen LogP contribution < -0.4 is 10.1 Å². The zero-order valence-corrected chi connectivity index (χ0v) is 17.2. The van der Waals surface area contributed by atoms with E-state index in [1.165, 1.54) is 38.0 Å². The molecular formula is C18H20N4O4S2. The van der Waals surface area contributed by atoms with Crippen LogP contribution in [0.4, 0.5) is 5.69 Å². The summed E-state index contributed by atoms with van der Waals surface area (Å²) in [5.74, 6) is 0.672. The van der Waals surface area contributed by atoms with E-state index in [0.29, 0.717) is 10.8 Å². The first-order chi connectivity index (χ1) is 13.3. The molecule has 0 radical (unpaired) electrons. The standard InChI is InChI=1S/C18H20N4O4S2/c1-22(2)28(24,25)14-7-4-12(5-8-14)19-17(23)11-27-18-20-15-9-6-13(26-3)10-16(15)21-18/h4-10H,11H2,1-3H3,(H,19,23)(H,20,21). The molecule has 3 aromatic rings. The van der Waals surface area contributed by atoms with Crippen molar-refractivity contribution in [3.05, 3.63) is 42.5 Å². The maximum absolute atomic E-state index is 12.2. The third kappa shape index (κ3) is 4.46. The smallest absolute Gasteiger partial charge is 0.242 e. The van der Waals surface area contributed by atoms with Crippen molar-refractivity contribution < 1.29 is 17.9 Å². The monoisotopic (exact) mass is 420 g/mol. The summed E-state index contributed by atoms with van der Waals surface area (Å²) in [4.78, 5) is 19.9. The molecule has 148 valence electrons. The van der Waals surface area contributed by atoms with E-state index in [1.807, 2.05) is 18.2 Å². The summed E-state index contributed by atoms with van der Waals surface area (Å²) in [6, 6.07) is 11.6. The predicted molar refractivity (Wildman–Crippen MR) is 109 cm³/mol. The molecule has 1 aromatic heterocycles. The number of rotatable bonds is 7. The number of nitrogens with one attached hydrogen (secondary N) is 2. The molecule has 0 unspecified atom stereocenters. The second-order valence-electron chi connectivity index (χ2n) is 6.07. The van der Waals surface area contributed by atoms with Crippen molar-refractivity contribution in [2.24, 2.45) is 0 Å². The van der Waals surface area contributed by atoms with E-state index in [4.69, 9.17) is 4.74 Å². The summed E-state index contributed by atoms with van der Waals surface area (Å²) in [7, 11) is 1.04. The number of H-pyrrole nitrogens is 1. The van der Waals surface area contributed by atoms with E-state index < -0.39 is 10.0 Å². The van der Waals surface area contributed by atoms with Crippen molar-refractivity contribution in [2.45, 2.75) is 10.1 Å². The number of carbonyl (C=O) groups excluding carboxylic acids is 1. The fourth-order valence-electron chi connectivity index (χ4n) is 2.41. The molecule has 2 aromatic carbocycles. The molecule has 8 nitrogen and oxygen atoms in total. The Morgan fingerprint density at radius 2 is 1.93 bits per heavy atom. The van der Waals surface area contributed by atoms with Gasteiger partial charge in [-0.15, -0.1) is 0 Å². The van der Waals surface area contributed by atoms with Crippen molar-refractivity contribution in [1.82, 2.24) is 14.3 Å². The van der Waals surface area contributed by atoms with Gasteiger partial charge < -0.3 is 15.0 Å². The molecule has 1 amide bonds. The third-order valence-corrected chi connectivity index (χ3v) is 6.63. The fraction of sp³-hybridized carbons (Fsp3) is 0.222. The van der Waals surface area contributed by atoms with Gasteiger partial charge in [-0.2, -0.15) is 0 Å². The van der Waals surface area contributed by atoms with Gasteiger partial charge in [0, 0.05) is 25.8 Å². The highest BCUT2D eigenvalue weighted by Crippen LogP contribution is 2.23. The van der Waals surface area contributed by atoms with Crippen LogP contribution in [0.5, 0.6) is 5.75 Å². The number of carbonyl (C=O) groups is 1. The predicted octanol–water partition coefficient (Wildman–Crippen LogP) is 2.55. The van der Waals surface area contributed by atoms with Gasteiger partial charge in [0.1, 0.15) is 5.75 Å². The van der Waals surface area contributed by atoms with Crippen LogP contribution in [0.1, 0.15) is 0 Å². The zero-order valence-electron chi connectivity index (χ0n) is 15.6. The number of thioether (sulfide) groups is 1. The average molecular weight is 421 g/mol. The molecule has 0 spiro atoms. The first-order valence-electron chi connectivity index (χ1n) is 8.28. The van der Waals surface area contributed by atoms with E-state index in [0.717, 1.165) is 21.1 Å². The first-order valence-corrected chi connectivity index (χ1v) is 10.7. The number of hydrogen-bond acceptors (Lipinski definition) is 6. The van der Waals surface area contributed by atoms with Crippen molar-refractivity contribution in [2.75, 3.05) is 32.3 Å². The fourth-order valence-corrected chi connectivity index (χ4v) is 4.00. The van der Waals surface area contributed by atoms with Crippen LogP contribution in [0.2, 0.25) is 0 Å². The van der Waals surface area contributed by atoms with Crippen LogP contribution >= 0.6 is 11.8 Å². The Labute approximate surface area is 167 Å². The average Bonchev–Trinajstić information content (AvgIpc) is 3.08. The lowest BCUT2D eigenvalue weighted by atomic mass is 10.3. The van der Waals surface area contributed by atoms with Gasteiger partial charge in [-0.25, -0.2) is 17.7 Å². The Kier molecular flexibility index (Phi) is 5.92. The second kappa shape index (κ2) is 8.21. The molecule has 0 aliphatic carbocycles. The summed E-state index contributed by atoms with van der Waals surface area (Å²) in [6.45, 7) is 0. The number of imidazole rings is 1. The number of amides is 1. The van der Waals surface area contributed by atoms with Crippen LogP contribution in [0.3, 0.4) is 0 Å². The number of ether oxygens (including phenoxy) is 1. The minimum atomic E-state index is -3.49. The molecule has 0 atom stereocenters. The molecule has 0 saturated heterocycles. The minimum Gasteiger partial charge on any atom is -0.497 e. The lowest BCUT2D eigenvalue weighted by Crippen LogP contribution is -2.22. The molecule has 0 saturated carbocycles. The van der Waals surface area contributed by atoms with Gasteiger partial charge >= 0.3 is 0 Å². The molecule has 1 heterocycles. The number of aromatic nitrogens is 2. The summed E-state index contributed by atoms with van der Waals surface area (Å²) >= 11 is 1.28. The van der Waals surface area contributed by atoms with Crippen molar-refractivity contribution in [3.8, 4) is 5.75 Å². The van der Waals surface area contributed by atoms with Gasteiger partial charge in [0.15, 0.2) is 5.16 Å².